The molecule has 92 valence electrons. The topological polar surface area (TPSA) is 67.2 Å². The second-order valence-corrected chi connectivity index (χ2v) is 4.14. The van der Waals surface area contributed by atoms with Gasteiger partial charge in [-0.1, -0.05) is 0 Å². The third-order valence-electron chi connectivity index (χ3n) is 2.95. The van der Waals surface area contributed by atoms with E-state index in [4.69, 9.17) is 5.84 Å². The summed E-state index contributed by atoms with van der Waals surface area (Å²) < 4.78 is 27.5. The number of hydrogen-bond acceptors (Lipinski definition) is 3. The fourth-order valence-corrected chi connectivity index (χ4v) is 2.15. The quantitative estimate of drug-likeness (QED) is 0.516. The molecule has 1 saturated heterocycles. The van der Waals surface area contributed by atoms with Gasteiger partial charge in [-0.3, -0.25) is 10.6 Å². The molecule has 0 saturated carbocycles. The van der Waals surface area contributed by atoms with Crippen LogP contribution in [0, 0.1) is 18.6 Å². The Hall–Kier alpha value is -1.53. The number of carbonyl (C=O) groups is 1. The highest BCUT2D eigenvalue weighted by molar-refractivity contribution is 5.85. The lowest BCUT2D eigenvalue weighted by molar-refractivity contribution is -0.121. The Balaban J connectivity index is 2.44. The summed E-state index contributed by atoms with van der Waals surface area (Å²) in [7, 11) is 0. The van der Waals surface area contributed by atoms with Crippen LogP contribution in [0.3, 0.4) is 0 Å². The van der Waals surface area contributed by atoms with Gasteiger partial charge in [-0.05, 0) is 24.6 Å². The van der Waals surface area contributed by atoms with Crippen LogP contribution in [0.4, 0.5) is 8.78 Å². The molecule has 0 radical (unpaired) electrons. The maximum atomic E-state index is 13.8. The summed E-state index contributed by atoms with van der Waals surface area (Å²) in [6, 6.07) is 1.69. The summed E-state index contributed by atoms with van der Waals surface area (Å²) in [5.41, 5.74) is 2.68. The van der Waals surface area contributed by atoms with E-state index >= 15 is 0 Å². The SMILES string of the molecule is Cc1cc(F)c([C@@H]2CNC(=O)[C@H]2NN)c(F)c1. The zero-order chi connectivity index (χ0) is 12.6. The molecule has 1 aromatic carbocycles. The third kappa shape index (κ3) is 2.01. The van der Waals surface area contributed by atoms with Crippen LogP contribution in [0.1, 0.15) is 17.0 Å². The minimum absolute atomic E-state index is 0.100. The lowest BCUT2D eigenvalue weighted by Gasteiger charge is -2.17. The minimum atomic E-state index is -0.804. The number of rotatable bonds is 2. The Morgan fingerprint density at radius 3 is 2.53 bits per heavy atom. The van der Waals surface area contributed by atoms with E-state index in [0.717, 1.165) is 0 Å². The normalized spacial score (nSPS) is 23.9. The molecule has 6 heteroatoms. The molecule has 4 nitrogen and oxygen atoms in total. The molecule has 0 spiro atoms. The fourth-order valence-electron chi connectivity index (χ4n) is 2.15. The van der Waals surface area contributed by atoms with Crippen LogP contribution in [-0.4, -0.2) is 18.5 Å². The maximum absolute atomic E-state index is 13.8. The summed E-state index contributed by atoms with van der Waals surface area (Å²) >= 11 is 0. The predicted molar refractivity (Wildman–Crippen MR) is 58.0 cm³/mol. The van der Waals surface area contributed by atoms with Gasteiger partial charge in [0.25, 0.3) is 0 Å². The second-order valence-electron chi connectivity index (χ2n) is 4.14. The van der Waals surface area contributed by atoms with E-state index in [1.807, 2.05) is 0 Å². The Kier molecular flexibility index (Phi) is 3.08. The molecule has 1 aliphatic heterocycles. The molecular formula is C11H13F2N3O. The van der Waals surface area contributed by atoms with Gasteiger partial charge in [-0.15, -0.1) is 0 Å². The van der Waals surface area contributed by atoms with Crippen molar-refractivity contribution in [1.29, 1.82) is 0 Å². The van der Waals surface area contributed by atoms with Gasteiger partial charge in [-0.25, -0.2) is 14.2 Å². The molecule has 1 amide bonds. The van der Waals surface area contributed by atoms with Gasteiger partial charge >= 0.3 is 0 Å². The van der Waals surface area contributed by atoms with E-state index in [-0.39, 0.29) is 18.0 Å². The predicted octanol–water partition coefficient (Wildman–Crippen LogP) is 0.319. The molecule has 17 heavy (non-hydrogen) atoms. The number of carbonyl (C=O) groups excluding carboxylic acids is 1. The Labute approximate surface area is 97.2 Å². The first-order valence-corrected chi connectivity index (χ1v) is 5.24. The smallest absolute Gasteiger partial charge is 0.239 e. The molecule has 0 aromatic heterocycles. The highest BCUT2D eigenvalue weighted by atomic mass is 19.1. The monoisotopic (exact) mass is 241 g/mol. The molecule has 2 rings (SSSR count). The summed E-state index contributed by atoms with van der Waals surface area (Å²) in [5, 5.41) is 2.52. The van der Waals surface area contributed by atoms with Crippen molar-refractivity contribution in [2.75, 3.05) is 6.54 Å². The van der Waals surface area contributed by atoms with Gasteiger partial charge in [0, 0.05) is 18.0 Å². The van der Waals surface area contributed by atoms with Crippen molar-refractivity contribution in [2.45, 2.75) is 18.9 Å². The Morgan fingerprint density at radius 2 is 2.00 bits per heavy atom. The number of aryl methyl sites for hydroxylation is 1. The average Bonchev–Trinajstić information content (AvgIpc) is 2.58. The number of nitrogens with one attached hydrogen (secondary N) is 2. The number of hydrazine groups is 1. The highest BCUT2D eigenvalue weighted by Crippen LogP contribution is 2.28. The van der Waals surface area contributed by atoms with Crippen LogP contribution in [0.15, 0.2) is 12.1 Å². The molecule has 4 N–H and O–H groups in total. The highest BCUT2D eigenvalue weighted by Gasteiger charge is 2.38. The van der Waals surface area contributed by atoms with Crippen LogP contribution in [0.25, 0.3) is 0 Å². The lowest BCUT2D eigenvalue weighted by Crippen LogP contribution is -2.43. The minimum Gasteiger partial charge on any atom is -0.354 e. The Morgan fingerprint density at radius 1 is 1.41 bits per heavy atom. The van der Waals surface area contributed by atoms with Crippen molar-refractivity contribution < 1.29 is 13.6 Å². The lowest BCUT2D eigenvalue weighted by atomic mass is 9.92. The third-order valence-corrected chi connectivity index (χ3v) is 2.95. The van der Waals surface area contributed by atoms with Gasteiger partial charge in [-0.2, -0.15) is 0 Å². The Bertz CT molecular complexity index is 441. The van der Waals surface area contributed by atoms with Crippen LogP contribution in [-0.2, 0) is 4.79 Å². The van der Waals surface area contributed by atoms with E-state index in [9.17, 15) is 13.6 Å². The van der Waals surface area contributed by atoms with Crippen LogP contribution in [0.2, 0.25) is 0 Å². The first-order chi connectivity index (χ1) is 8.04. The first-order valence-electron chi connectivity index (χ1n) is 5.24. The zero-order valence-corrected chi connectivity index (χ0v) is 9.26. The van der Waals surface area contributed by atoms with Crippen molar-refractivity contribution in [3.63, 3.8) is 0 Å². The van der Waals surface area contributed by atoms with Crippen molar-refractivity contribution in [1.82, 2.24) is 10.7 Å². The second kappa shape index (κ2) is 4.38. The van der Waals surface area contributed by atoms with Crippen molar-refractivity contribution in [3.8, 4) is 0 Å². The van der Waals surface area contributed by atoms with Crippen molar-refractivity contribution in [2.24, 2.45) is 5.84 Å². The molecule has 0 unspecified atom stereocenters. The number of benzene rings is 1. The summed E-state index contributed by atoms with van der Waals surface area (Å²) in [6.45, 7) is 1.78. The first kappa shape index (κ1) is 11.9. The van der Waals surface area contributed by atoms with Crippen molar-refractivity contribution >= 4 is 5.91 Å². The number of nitrogens with two attached hydrogens (primary N) is 1. The number of halogens is 2. The van der Waals surface area contributed by atoms with Gasteiger partial charge in [0.2, 0.25) is 5.91 Å². The standard InChI is InChI=1S/C11H13F2N3O/c1-5-2-7(12)9(8(13)3-5)6-4-15-11(17)10(6)16-14/h2-3,6,10,16H,4,14H2,1H3,(H,15,17)/t6-,10-/m0/s1. The average molecular weight is 241 g/mol. The van der Waals surface area contributed by atoms with Gasteiger partial charge in [0.1, 0.15) is 17.7 Å². The van der Waals surface area contributed by atoms with E-state index in [2.05, 4.69) is 10.7 Å². The van der Waals surface area contributed by atoms with Gasteiger partial charge in [0.15, 0.2) is 0 Å². The molecule has 1 heterocycles. The molecule has 1 fully saturated rings. The van der Waals surface area contributed by atoms with E-state index < -0.39 is 23.6 Å². The number of hydrogen-bond donors (Lipinski definition) is 3. The molecule has 2 atom stereocenters. The van der Waals surface area contributed by atoms with Gasteiger partial charge < -0.3 is 5.32 Å². The fraction of sp³-hybridized carbons (Fsp3) is 0.364. The largest absolute Gasteiger partial charge is 0.354 e. The van der Waals surface area contributed by atoms with E-state index in [1.54, 1.807) is 6.92 Å². The molecular weight excluding hydrogens is 228 g/mol. The summed E-state index contributed by atoms with van der Waals surface area (Å²) in [5.74, 6) is 2.95. The number of amides is 1. The maximum Gasteiger partial charge on any atom is 0.239 e. The van der Waals surface area contributed by atoms with Gasteiger partial charge in [0.05, 0.1) is 0 Å². The van der Waals surface area contributed by atoms with Crippen LogP contribution < -0.4 is 16.6 Å². The molecule has 1 aromatic rings. The summed E-state index contributed by atoms with van der Waals surface area (Å²) in [6.07, 6.45) is 0. The van der Waals surface area contributed by atoms with Crippen molar-refractivity contribution in [3.05, 3.63) is 34.9 Å². The molecule has 1 aliphatic rings. The van der Waals surface area contributed by atoms with E-state index in [1.165, 1.54) is 12.1 Å². The van der Waals surface area contributed by atoms with E-state index in [0.29, 0.717) is 5.56 Å². The molecule has 0 bridgehead atoms. The van der Waals surface area contributed by atoms with Crippen LogP contribution >= 0.6 is 0 Å². The summed E-state index contributed by atoms with van der Waals surface area (Å²) in [4.78, 5) is 11.4. The zero-order valence-electron chi connectivity index (χ0n) is 9.26. The van der Waals surface area contributed by atoms with Crippen LogP contribution in [0.5, 0.6) is 0 Å². The molecule has 0 aliphatic carbocycles.